The van der Waals surface area contributed by atoms with Gasteiger partial charge in [-0.3, -0.25) is 0 Å². The summed E-state index contributed by atoms with van der Waals surface area (Å²) in [5.74, 6) is 2.27. The van der Waals surface area contributed by atoms with Crippen molar-refractivity contribution < 1.29 is 9.47 Å². The molecule has 0 aliphatic heterocycles. The maximum atomic E-state index is 5.35. The van der Waals surface area contributed by atoms with Gasteiger partial charge in [0, 0.05) is 10.3 Å². The van der Waals surface area contributed by atoms with Crippen molar-refractivity contribution in [2.24, 2.45) is 0 Å². The summed E-state index contributed by atoms with van der Waals surface area (Å²) in [6.07, 6.45) is 0. The summed E-state index contributed by atoms with van der Waals surface area (Å²) in [4.78, 5) is 0. The first-order valence-corrected chi connectivity index (χ1v) is 8.48. The molecule has 2 aromatic rings. The molecule has 0 saturated carbocycles. The van der Waals surface area contributed by atoms with E-state index >= 15 is 0 Å². The van der Waals surface area contributed by atoms with Crippen LogP contribution in [-0.2, 0) is 0 Å². The van der Waals surface area contributed by atoms with Crippen molar-refractivity contribution in [2.45, 2.75) is 19.8 Å². The quantitative estimate of drug-likeness (QED) is 0.530. The fraction of sp³-hybridized carbons (Fsp3) is 0.333. The smallest absolute Gasteiger partial charge is 0.121 e. The second-order valence-electron chi connectivity index (χ2n) is 5.17. The lowest BCUT2D eigenvalue weighted by molar-refractivity contribution is 0.411. The summed E-state index contributed by atoms with van der Waals surface area (Å²) in [5, 5.41) is 0. The van der Waals surface area contributed by atoms with E-state index in [2.05, 4.69) is 72.8 Å². The van der Waals surface area contributed by atoms with Gasteiger partial charge in [0.1, 0.15) is 11.5 Å². The van der Waals surface area contributed by atoms with Crippen LogP contribution < -0.4 is 9.47 Å². The van der Waals surface area contributed by atoms with Crippen LogP contribution in [0.5, 0.6) is 11.5 Å². The fourth-order valence-corrected chi connectivity index (χ4v) is 3.62. The zero-order valence-corrected chi connectivity index (χ0v) is 15.1. The van der Waals surface area contributed by atoms with Crippen LogP contribution in [0.15, 0.2) is 36.4 Å². The van der Waals surface area contributed by atoms with Gasteiger partial charge in [-0.2, -0.15) is 0 Å². The second kappa shape index (κ2) is 7.16. The minimum Gasteiger partial charge on any atom is -0.496 e. The number of hydrogen-bond acceptors (Lipinski definition) is 2. The lowest BCUT2D eigenvalue weighted by Crippen LogP contribution is -2.04. The second-order valence-corrected chi connectivity index (χ2v) is 6.05. The maximum Gasteiger partial charge on any atom is 0.121 e. The number of alkyl halides is 1. The summed E-state index contributed by atoms with van der Waals surface area (Å²) in [6, 6.07) is 12.9. The van der Waals surface area contributed by atoms with Gasteiger partial charge in [0.25, 0.3) is 0 Å². The highest BCUT2D eigenvalue weighted by atomic mass is 127. The van der Waals surface area contributed by atoms with Crippen LogP contribution in [0.1, 0.15) is 28.2 Å². The van der Waals surface area contributed by atoms with Crippen LogP contribution in [-0.4, -0.2) is 18.6 Å². The first-order chi connectivity index (χ1) is 10.1. The van der Waals surface area contributed by atoms with Crippen molar-refractivity contribution in [3.8, 4) is 11.5 Å². The normalized spacial score (nSPS) is 10.8. The highest BCUT2D eigenvalue weighted by Crippen LogP contribution is 2.32. The Morgan fingerprint density at radius 2 is 1.29 bits per heavy atom. The van der Waals surface area contributed by atoms with Gasteiger partial charge in [-0.15, -0.1) is 0 Å². The molecule has 0 fully saturated rings. The molecule has 2 rings (SSSR count). The minimum absolute atomic E-state index is 0.389. The molecule has 0 N–H and O–H groups in total. The van der Waals surface area contributed by atoms with Gasteiger partial charge in [-0.25, -0.2) is 0 Å². The average molecular weight is 396 g/mol. The molecule has 0 aliphatic carbocycles. The van der Waals surface area contributed by atoms with Gasteiger partial charge in [-0.1, -0.05) is 46.9 Å². The van der Waals surface area contributed by atoms with Gasteiger partial charge in [0.05, 0.1) is 14.2 Å². The summed E-state index contributed by atoms with van der Waals surface area (Å²) in [6.45, 7) is 4.18. The monoisotopic (exact) mass is 396 g/mol. The third-order valence-corrected chi connectivity index (χ3v) is 4.68. The highest BCUT2D eigenvalue weighted by Gasteiger charge is 2.15. The van der Waals surface area contributed by atoms with E-state index in [0.717, 1.165) is 15.9 Å². The number of hydrogen-bond donors (Lipinski definition) is 0. The SMILES string of the molecule is COc1ccc(C(CI)c2ccc(OC)c(C)c2)cc1C. The van der Waals surface area contributed by atoms with Crippen LogP contribution in [0.25, 0.3) is 0 Å². The molecule has 0 amide bonds. The number of benzene rings is 2. The lowest BCUT2D eigenvalue weighted by Gasteiger charge is -2.18. The van der Waals surface area contributed by atoms with E-state index in [0.29, 0.717) is 5.92 Å². The molecule has 0 heterocycles. The summed E-state index contributed by atoms with van der Waals surface area (Å²) >= 11 is 2.45. The molecule has 112 valence electrons. The first-order valence-electron chi connectivity index (χ1n) is 6.95. The number of aryl methyl sites for hydroxylation is 2. The van der Waals surface area contributed by atoms with Crippen LogP contribution >= 0.6 is 22.6 Å². The number of ether oxygens (including phenoxy) is 2. The van der Waals surface area contributed by atoms with Crippen molar-refractivity contribution in [1.29, 1.82) is 0 Å². The molecular formula is C18H21IO2. The third-order valence-electron chi connectivity index (χ3n) is 3.80. The van der Waals surface area contributed by atoms with E-state index in [-0.39, 0.29) is 0 Å². The molecule has 0 bridgehead atoms. The average Bonchev–Trinajstić information content (AvgIpc) is 2.48. The predicted octanol–water partition coefficient (Wildman–Crippen LogP) is 4.89. The van der Waals surface area contributed by atoms with Crippen molar-refractivity contribution in [1.82, 2.24) is 0 Å². The number of halogens is 1. The summed E-state index contributed by atoms with van der Waals surface area (Å²) in [5.41, 5.74) is 5.00. The van der Waals surface area contributed by atoms with Crippen LogP contribution in [0.4, 0.5) is 0 Å². The first kappa shape index (κ1) is 16.1. The van der Waals surface area contributed by atoms with E-state index in [9.17, 15) is 0 Å². The molecular weight excluding hydrogens is 375 g/mol. The maximum absolute atomic E-state index is 5.35. The molecule has 0 aromatic heterocycles. The third kappa shape index (κ3) is 3.51. The number of rotatable bonds is 5. The van der Waals surface area contributed by atoms with Crippen molar-refractivity contribution in [2.75, 3.05) is 18.6 Å². The Morgan fingerprint density at radius 3 is 1.57 bits per heavy atom. The lowest BCUT2D eigenvalue weighted by atomic mass is 9.91. The minimum atomic E-state index is 0.389. The Bertz CT molecular complexity index is 569. The Hall–Kier alpha value is -1.23. The van der Waals surface area contributed by atoms with Crippen molar-refractivity contribution in [3.63, 3.8) is 0 Å². The summed E-state index contributed by atoms with van der Waals surface area (Å²) in [7, 11) is 3.43. The molecule has 0 unspecified atom stereocenters. The fourth-order valence-electron chi connectivity index (χ4n) is 2.61. The van der Waals surface area contributed by atoms with Crippen molar-refractivity contribution >= 4 is 22.6 Å². The van der Waals surface area contributed by atoms with Crippen LogP contribution in [0.3, 0.4) is 0 Å². The zero-order valence-electron chi connectivity index (χ0n) is 12.9. The van der Waals surface area contributed by atoms with Crippen molar-refractivity contribution in [3.05, 3.63) is 58.7 Å². The molecule has 0 aliphatic rings. The topological polar surface area (TPSA) is 18.5 Å². The predicted molar refractivity (Wildman–Crippen MR) is 96.2 cm³/mol. The molecule has 3 heteroatoms. The number of methoxy groups -OCH3 is 2. The zero-order chi connectivity index (χ0) is 15.4. The van der Waals surface area contributed by atoms with Gasteiger partial charge >= 0.3 is 0 Å². The van der Waals surface area contributed by atoms with Gasteiger partial charge < -0.3 is 9.47 Å². The summed E-state index contributed by atoms with van der Waals surface area (Å²) < 4.78 is 11.7. The molecule has 0 saturated heterocycles. The molecule has 0 atom stereocenters. The van der Waals surface area contributed by atoms with E-state index < -0.39 is 0 Å². The highest BCUT2D eigenvalue weighted by molar-refractivity contribution is 14.1. The Balaban J connectivity index is 2.39. The molecule has 21 heavy (non-hydrogen) atoms. The molecule has 0 spiro atoms. The van der Waals surface area contributed by atoms with Crippen LogP contribution in [0, 0.1) is 13.8 Å². The Labute approximate surface area is 140 Å². The largest absolute Gasteiger partial charge is 0.496 e. The molecule has 2 aromatic carbocycles. The standard InChI is InChI=1S/C18H21IO2/c1-12-9-14(5-7-17(12)20-3)16(11-19)15-6-8-18(21-4)13(2)10-15/h5-10,16H,11H2,1-4H3. The van der Waals surface area contributed by atoms with Gasteiger partial charge in [-0.05, 0) is 48.2 Å². The van der Waals surface area contributed by atoms with Gasteiger partial charge in [0.15, 0.2) is 0 Å². The van der Waals surface area contributed by atoms with E-state index in [1.54, 1.807) is 14.2 Å². The van der Waals surface area contributed by atoms with E-state index in [1.807, 2.05) is 0 Å². The molecule has 0 radical (unpaired) electrons. The molecule has 2 nitrogen and oxygen atoms in total. The Kier molecular flexibility index (Phi) is 5.51. The van der Waals surface area contributed by atoms with E-state index in [1.165, 1.54) is 22.3 Å². The Morgan fingerprint density at radius 1 is 0.857 bits per heavy atom. The van der Waals surface area contributed by atoms with E-state index in [4.69, 9.17) is 9.47 Å². The van der Waals surface area contributed by atoms with Crippen LogP contribution in [0.2, 0.25) is 0 Å². The van der Waals surface area contributed by atoms with Gasteiger partial charge in [0.2, 0.25) is 0 Å².